The van der Waals surface area contributed by atoms with Crippen LogP contribution in [0.5, 0.6) is 17.5 Å². The summed E-state index contributed by atoms with van der Waals surface area (Å²) >= 11 is 0. The number of pyridine rings is 1. The zero-order valence-corrected chi connectivity index (χ0v) is 38.2. The van der Waals surface area contributed by atoms with Gasteiger partial charge in [0.05, 0.1) is 11.0 Å². The molecule has 9 aromatic rings. The quantitative estimate of drug-likeness (QED) is 0.0960. The van der Waals surface area contributed by atoms with Crippen LogP contribution in [0.2, 0.25) is 0 Å². The summed E-state index contributed by atoms with van der Waals surface area (Å²) < 4.78 is 65.9. The topological polar surface area (TPSA) is 175 Å². The number of carbonyl (C=O) groups is 2. The molecule has 0 bridgehead atoms. The van der Waals surface area contributed by atoms with Gasteiger partial charge in [0, 0.05) is 29.9 Å². The largest absolute Gasteiger partial charge is 0.487 e. The maximum absolute atomic E-state index is 16.3. The van der Waals surface area contributed by atoms with E-state index in [1.165, 1.54) is 24.3 Å². The van der Waals surface area contributed by atoms with Gasteiger partial charge >= 0.3 is 21.9 Å². The normalized spacial score (nSPS) is 13.0. The van der Waals surface area contributed by atoms with Gasteiger partial charge in [-0.05, 0) is 87.8 Å². The number of carbonyl (C=O) groups excluding carboxylic acids is 2. The molecule has 17 heteroatoms. The Bertz CT molecular complexity index is 3610. The summed E-state index contributed by atoms with van der Waals surface area (Å²) in [5.41, 5.74) is 6.15. The molecule has 1 saturated heterocycles. The molecule has 0 radical (unpaired) electrons. The van der Waals surface area contributed by atoms with Crippen molar-refractivity contribution in [2.24, 2.45) is 7.05 Å². The number of hydrogen-bond acceptors (Lipinski definition) is 9. The van der Waals surface area contributed by atoms with Crippen LogP contribution in [0.15, 0.2) is 175 Å². The lowest BCUT2D eigenvalue weighted by Gasteiger charge is -2.21. The number of nitrogens with zero attached hydrogens (tertiary/aromatic N) is 4. The van der Waals surface area contributed by atoms with E-state index in [9.17, 15) is 22.8 Å². The molecular weight excluding hydrogens is 914 g/mol. The van der Waals surface area contributed by atoms with Gasteiger partial charge in [0.2, 0.25) is 11.8 Å². The third-order valence-electron chi connectivity index (χ3n) is 11.6. The second-order valence-electron chi connectivity index (χ2n) is 16.3. The fourth-order valence-electron chi connectivity index (χ4n) is 8.15. The van der Waals surface area contributed by atoms with E-state index in [0.717, 1.165) is 27.8 Å². The summed E-state index contributed by atoms with van der Waals surface area (Å²) in [6, 6.07) is 50.1. The number of amides is 3. The fraction of sp³-hybridized carbons (Fsp3) is 0.0943. The van der Waals surface area contributed by atoms with Crippen LogP contribution in [0, 0.1) is 5.82 Å². The molecular formula is C53H42FN7O8S. The molecule has 350 valence electrons. The third kappa shape index (κ3) is 9.33. The van der Waals surface area contributed by atoms with Crippen molar-refractivity contribution in [1.29, 1.82) is 0 Å². The van der Waals surface area contributed by atoms with Gasteiger partial charge in [-0.3, -0.25) is 13.9 Å². The molecule has 15 nitrogen and oxygen atoms in total. The first-order chi connectivity index (χ1) is 34.0. The monoisotopic (exact) mass is 955 g/mol. The second kappa shape index (κ2) is 19.0. The van der Waals surface area contributed by atoms with Crippen LogP contribution in [-0.2, 0) is 41.9 Å². The molecule has 0 saturated carbocycles. The highest BCUT2D eigenvalue weighted by molar-refractivity contribution is 7.92. The van der Waals surface area contributed by atoms with Gasteiger partial charge < -0.3 is 24.8 Å². The fourth-order valence-corrected chi connectivity index (χ4v) is 9.31. The summed E-state index contributed by atoms with van der Waals surface area (Å²) in [5, 5.41) is 5.93. The highest BCUT2D eigenvalue weighted by Gasteiger charge is 2.38. The number of imidazole rings is 1. The van der Waals surface area contributed by atoms with Gasteiger partial charge in [0.25, 0.3) is 5.91 Å². The van der Waals surface area contributed by atoms with Crippen molar-refractivity contribution in [3.63, 3.8) is 0 Å². The molecule has 0 spiro atoms. The molecule has 2 aromatic heterocycles. The van der Waals surface area contributed by atoms with Crippen LogP contribution in [-0.4, -0.2) is 41.0 Å². The van der Waals surface area contributed by atoms with E-state index in [-0.39, 0.29) is 35.9 Å². The standard InChI is InChI=1S/C53H42FN7O8S/c1-59-45-28-38(19-24-43(45)61(53(59)64)44-25-26-48(68-32-35-13-7-3-8-14-35)57-51(44)69-33-36-15-9-4-10-16-36)37-17-20-40(21-18-37)55-52(63)56-41-22-23-42-39(27-41)29-46(67-31-34-11-5-2-6-12-34)50(49(42)54)60-30-47(62)58-70(60,65)66/h2-29H,30-33H2,1H3,(H,58,62)(H2,55,56,63). The molecule has 1 aliphatic rings. The van der Waals surface area contributed by atoms with E-state index in [1.54, 1.807) is 64.7 Å². The predicted octanol–water partition coefficient (Wildman–Crippen LogP) is 9.25. The van der Waals surface area contributed by atoms with E-state index in [0.29, 0.717) is 50.3 Å². The van der Waals surface area contributed by atoms with Crippen molar-refractivity contribution >= 4 is 61.0 Å². The molecule has 0 unspecified atom stereocenters. The average Bonchev–Trinajstić information content (AvgIpc) is 3.79. The number of aromatic nitrogens is 3. The maximum Gasteiger partial charge on any atom is 0.333 e. The number of nitrogens with one attached hydrogen (secondary N) is 3. The van der Waals surface area contributed by atoms with Crippen LogP contribution in [0.1, 0.15) is 16.7 Å². The summed E-state index contributed by atoms with van der Waals surface area (Å²) in [6.07, 6.45) is 0. The van der Waals surface area contributed by atoms with Crippen molar-refractivity contribution < 1.29 is 36.6 Å². The van der Waals surface area contributed by atoms with Gasteiger partial charge in [-0.25, -0.2) is 23.0 Å². The summed E-state index contributed by atoms with van der Waals surface area (Å²) in [6.45, 7) is -0.107. The van der Waals surface area contributed by atoms with Crippen LogP contribution in [0.25, 0.3) is 38.6 Å². The van der Waals surface area contributed by atoms with Crippen LogP contribution in [0.4, 0.5) is 26.2 Å². The Morgan fingerprint density at radius 1 is 0.671 bits per heavy atom. The van der Waals surface area contributed by atoms with E-state index < -0.39 is 40.2 Å². The Hall–Kier alpha value is -8.96. The molecule has 3 N–H and O–H groups in total. The number of urea groups is 1. The van der Waals surface area contributed by atoms with Gasteiger partial charge in [0.15, 0.2) is 5.82 Å². The number of benzene rings is 7. The van der Waals surface area contributed by atoms with E-state index >= 15 is 4.39 Å². The van der Waals surface area contributed by atoms with Gasteiger partial charge in [0.1, 0.15) is 43.5 Å². The molecule has 70 heavy (non-hydrogen) atoms. The summed E-state index contributed by atoms with van der Waals surface area (Å²) in [7, 11) is -2.67. The minimum atomic E-state index is -4.37. The smallest absolute Gasteiger partial charge is 0.333 e. The van der Waals surface area contributed by atoms with Gasteiger partial charge in [-0.2, -0.15) is 13.4 Å². The number of hydrogen-bond donors (Lipinski definition) is 3. The minimum absolute atomic E-state index is 0.0126. The third-order valence-corrected chi connectivity index (χ3v) is 13.0. The Kier molecular flexibility index (Phi) is 12.2. The van der Waals surface area contributed by atoms with Crippen molar-refractivity contribution in [2.45, 2.75) is 19.8 Å². The highest BCUT2D eigenvalue weighted by Crippen LogP contribution is 2.40. The lowest BCUT2D eigenvalue weighted by molar-refractivity contribution is -0.117. The minimum Gasteiger partial charge on any atom is -0.487 e. The molecule has 10 rings (SSSR count). The number of fused-ring (bicyclic) bond motifs is 2. The average molecular weight is 956 g/mol. The van der Waals surface area contributed by atoms with Gasteiger partial charge in [-0.15, -0.1) is 0 Å². The van der Waals surface area contributed by atoms with Crippen LogP contribution in [0.3, 0.4) is 0 Å². The summed E-state index contributed by atoms with van der Waals surface area (Å²) in [5.74, 6) is -1.25. The lowest BCUT2D eigenvalue weighted by atomic mass is 10.0. The molecule has 7 aromatic carbocycles. The number of aryl methyl sites for hydroxylation is 1. The Morgan fingerprint density at radius 3 is 1.91 bits per heavy atom. The van der Waals surface area contributed by atoms with Crippen molar-refractivity contribution in [2.75, 3.05) is 21.5 Å². The molecule has 0 aliphatic carbocycles. The first-order valence-corrected chi connectivity index (χ1v) is 23.4. The first kappa shape index (κ1) is 44.9. The van der Waals surface area contributed by atoms with Crippen molar-refractivity contribution in [3.8, 4) is 34.3 Å². The number of ether oxygens (including phenoxy) is 3. The predicted molar refractivity (Wildman–Crippen MR) is 265 cm³/mol. The summed E-state index contributed by atoms with van der Waals surface area (Å²) in [4.78, 5) is 44.1. The van der Waals surface area contributed by atoms with E-state index in [2.05, 4.69) is 10.6 Å². The molecule has 0 atom stereocenters. The van der Waals surface area contributed by atoms with Crippen LogP contribution < -0.4 is 39.6 Å². The number of anilines is 3. The van der Waals surface area contributed by atoms with Gasteiger partial charge in [-0.1, -0.05) is 109 Å². The molecule has 3 heterocycles. The van der Waals surface area contributed by atoms with Crippen molar-refractivity contribution in [3.05, 3.63) is 203 Å². The second-order valence-corrected chi connectivity index (χ2v) is 17.9. The Labute approximate surface area is 400 Å². The first-order valence-electron chi connectivity index (χ1n) is 22.0. The Morgan fingerprint density at radius 2 is 1.27 bits per heavy atom. The lowest BCUT2D eigenvalue weighted by Crippen LogP contribution is -2.30. The van der Waals surface area contributed by atoms with Crippen LogP contribution >= 0.6 is 0 Å². The maximum atomic E-state index is 16.3. The van der Waals surface area contributed by atoms with E-state index in [1.807, 2.05) is 102 Å². The zero-order chi connectivity index (χ0) is 48.4. The molecule has 1 fully saturated rings. The number of rotatable bonds is 14. The molecule has 3 amide bonds. The highest BCUT2D eigenvalue weighted by atomic mass is 32.2. The van der Waals surface area contributed by atoms with Crippen molar-refractivity contribution in [1.82, 2.24) is 18.8 Å². The SMILES string of the molecule is Cn1c(=O)n(-c2ccc(OCc3ccccc3)nc2OCc2ccccc2)c2ccc(-c3ccc(NC(=O)Nc4ccc5c(F)c(N6CC(=O)NS6(=O)=O)c(OCc6ccccc6)cc5c4)cc3)cc21. The Balaban J connectivity index is 0.866. The van der Waals surface area contributed by atoms with E-state index in [4.69, 9.17) is 19.2 Å². The zero-order valence-electron chi connectivity index (χ0n) is 37.3. The number of halogens is 1. The molecule has 1 aliphatic heterocycles.